The predicted octanol–water partition coefficient (Wildman–Crippen LogP) is 3.02. The molecular weight excluding hydrogens is 831 g/mol. The first-order valence-electron chi connectivity index (χ1n) is 22.5. The third-order valence-corrected chi connectivity index (χ3v) is 12.4. The number of nitrogens with two attached hydrogens (primary N) is 1. The zero-order valence-electron chi connectivity index (χ0n) is 37.8. The van der Waals surface area contributed by atoms with Crippen LogP contribution in [0.5, 0.6) is 0 Å². The van der Waals surface area contributed by atoms with Crippen LogP contribution >= 0.6 is 0 Å². The Morgan fingerprint density at radius 1 is 0.688 bits per heavy atom. The molecule has 2 saturated heterocycles. The Morgan fingerprint density at radius 2 is 1.27 bits per heavy atom. The molecule has 3 rings (SSSR count). The van der Waals surface area contributed by atoms with Gasteiger partial charge in [0.2, 0.25) is 0 Å². The van der Waals surface area contributed by atoms with E-state index in [4.69, 9.17) is 24.7 Å². The van der Waals surface area contributed by atoms with Crippen molar-refractivity contribution in [2.45, 2.75) is 178 Å². The van der Waals surface area contributed by atoms with Gasteiger partial charge >= 0.3 is 11.9 Å². The average Bonchev–Trinajstić information content (AvgIpc) is 3.19. The number of aliphatic hydroxyl groups is 8. The van der Waals surface area contributed by atoms with Crippen molar-refractivity contribution in [3.8, 4) is 0 Å². The van der Waals surface area contributed by atoms with Crippen LogP contribution in [0.15, 0.2) is 85.1 Å². The highest BCUT2D eigenvalue weighted by Gasteiger charge is 2.50. The van der Waals surface area contributed by atoms with Crippen LogP contribution in [0.3, 0.4) is 0 Å². The Kier molecular flexibility index (Phi) is 23.5. The molecule has 0 aliphatic carbocycles. The van der Waals surface area contributed by atoms with Gasteiger partial charge in [-0.2, -0.15) is 0 Å². The van der Waals surface area contributed by atoms with E-state index < -0.39 is 116 Å². The van der Waals surface area contributed by atoms with Gasteiger partial charge in [0.25, 0.3) is 0 Å². The Morgan fingerprint density at radius 3 is 1.86 bits per heavy atom. The fourth-order valence-corrected chi connectivity index (χ4v) is 8.20. The van der Waals surface area contributed by atoms with E-state index in [0.717, 1.165) is 0 Å². The molecular formula is C48H75NO15. The summed E-state index contributed by atoms with van der Waals surface area (Å²) in [6, 6.07) is -0.663. The first kappa shape index (κ1) is 55.0. The highest BCUT2D eigenvalue weighted by Crippen LogP contribution is 2.38. The third kappa shape index (κ3) is 18.9. The molecule has 16 heteroatoms. The Bertz CT molecular complexity index is 1630. The van der Waals surface area contributed by atoms with Crippen molar-refractivity contribution in [2.75, 3.05) is 0 Å². The van der Waals surface area contributed by atoms with Gasteiger partial charge in [0.05, 0.1) is 61.4 Å². The van der Waals surface area contributed by atoms with E-state index in [-0.39, 0.29) is 56.0 Å². The first-order valence-corrected chi connectivity index (χ1v) is 22.5. The predicted molar refractivity (Wildman–Crippen MR) is 239 cm³/mol. The van der Waals surface area contributed by atoms with Crippen LogP contribution in [0.2, 0.25) is 0 Å². The molecule has 0 aromatic rings. The highest BCUT2D eigenvalue weighted by atomic mass is 16.7. The number of ether oxygens (including phenoxy) is 4. The number of fused-ring (bicyclic) bond motifs is 2. The molecule has 2 fully saturated rings. The largest absolute Gasteiger partial charge is 0.481 e. The molecule has 64 heavy (non-hydrogen) atoms. The second kappa shape index (κ2) is 27.3. The molecule has 362 valence electrons. The second-order valence-electron chi connectivity index (χ2n) is 17.9. The highest BCUT2D eigenvalue weighted by molar-refractivity contribution is 5.71. The van der Waals surface area contributed by atoms with Crippen LogP contribution in [0.4, 0.5) is 0 Å². The number of cyclic esters (lactones) is 1. The van der Waals surface area contributed by atoms with Gasteiger partial charge in [0, 0.05) is 31.7 Å². The molecule has 16 nitrogen and oxygen atoms in total. The lowest BCUT2D eigenvalue weighted by molar-refractivity contribution is -0.305. The molecule has 18 atom stereocenters. The summed E-state index contributed by atoms with van der Waals surface area (Å²) in [7, 11) is 0. The minimum Gasteiger partial charge on any atom is -0.481 e. The third-order valence-electron chi connectivity index (χ3n) is 12.4. The lowest BCUT2D eigenvalue weighted by Crippen LogP contribution is -2.57. The number of aliphatic hydroxyl groups excluding tert-OH is 7. The lowest BCUT2D eigenvalue weighted by atomic mass is 9.82. The number of rotatable bonds is 3. The van der Waals surface area contributed by atoms with E-state index in [9.17, 15) is 55.5 Å². The molecule has 0 radical (unpaired) electrons. The molecule has 0 amide bonds. The van der Waals surface area contributed by atoms with E-state index in [0.29, 0.717) is 6.42 Å². The zero-order chi connectivity index (χ0) is 47.6. The van der Waals surface area contributed by atoms with Crippen LogP contribution in [-0.4, -0.2) is 143 Å². The number of carboxylic acid groups (broad SMARTS) is 1. The summed E-state index contributed by atoms with van der Waals surface area (Å²) in [4.78, 5) is 25.2. The number of carboxylic acids is 1. The smallest absolute Gasteiger partial charge is 0.311 e. The summed E-state index contributed by atoms with van der Waals surface area (Å²) in [6.07, 6.45) is 9.24. The molecule has 4 unspecified atom stereocenters. The number of esters is 1. The molecule has 3 heterocycles. The average molecular weight is 906 g/mol. The fraction of sp³-hybridized carbons (Fsp3) is 0.667. The molecule has 11 N–H and O–H groups in total. The Labute approximate surface area is 377 Å². The summed E-state index contributed by atoms with van der Waals surface area (Å²) in [5.41, 5.74) is 6.13. The molecule has 0 aromatic carbocycles. The number of aliphatic carboxylic acids is 1. The van der Waals surface area contributed by atoms with Crippen LogP contribution in [0.1, 0.15) is 92.4 Å². The van der Waals surface area contributed by atoms with Crippen LogP contribution in [-0.2, 0) is 28.5 Å². The van der Waals surface area contributed by atoms with Crippen LogP contribution in [0, 0.1) is 23.7 Å². The van der Waals surface area contributed by atoms with E-state index in [2.05, 4.69) is 19.9 Å². The Balaban J connectivity index is 1.85. The zero-order valence-corrected chi connectivity index (χ0v) is 37.8. The van der Waals surface area contributed by atoms with E-state index in [1.807, 2.05) is 55.5 Å². The normalized spacial score (nSPS) is 44.8. The summed E-state index contributed by atoms with van der Waals surface area (Å²) < 4.78 is 23.6. The van der Waals surface area contributed by atoms with Gasteiger partial charge < -0.3 is 70.6 Å². The van der Waals surface area contributed by atoms with E-state index in [1.54, 1.807) is 44.2 Å². The maximum absolute atomic E-state index is 12.7. The molecule has 3 aliphatic heterocycles. The van der Waals surface area contributed by atoms with Gasteiger partial charge in [-0.15, -0.1) is 0 Å². The lowest BCUT2D eigenvalue weighted by Gasteiger charge is -2.45. The number of hydrogen-bond acceptors (Lipinski definition) is 15. The molecule has 0 saturated carbocycles. The number of carbonyl (C=O) groups excluding carboxylic acids is 1. The van der Waals surface area contributed by atoms with Crippen LogP contribution in [0.25, 0.3) is 0 Å². The molecule has 0 spiro atoms. The molecule has 3 aliphatic rings. The van der Waals surface area contributed by atoms with Crippen LogP contribution < -0.4 is 5.73 Å². The second-order valence-corrected chi connectivity index (χ2v) is 17.9. The van der Waals surface area contributed by atoms with Gasteiger partial charge in [-0.05, 0) is 57.3 Å². The number of allylic oxidation sites excluding steroid dienone is 13. The Hall–Kier alpha value is -3.36. The number of carbonyl (C=O) groups is 2. The maximum atomic E-state index is 12.7. The van der Waals surface area contributed by atoms with E-state index in [1.165, 1.54) is 0 Å². The quantitative estimate of drug-likeness (QED) is 0.182. The fourth-order valence-electron chi connectivity index (χ4n) is 8.20. The van der Waals surface area contributed by atoms with Crippen molar-refractivity contribution >= 4 is 11.9 Å². The van der Waals surface area contributed by atoms with Crippen molar-refractivity contribution in [3.05, 3.63) is 85.1 Å². The van der Waals surface area contributed by atoms with E-state index >= 15 is 0 Å². The van der Waals surface area contributed by atoms with Crippen molar-refractivity contribution in [2.24, 2.45) is 29.4 Å². The van der Waals surface area contributed by atoms with Gasteiger partial charge in [-0.25, -0.2) is 0 Å². The standard InChI is InChI=1S/C48H75NO15/c1-29-18-16-14-12-10-8-6-7-9-11-13-15-17-19-37(63-47-45(57)38(49)22-30(2)61-47)26-42-44(46(58)59)41(55)28-48(60,64-42)27-36(52)24-40(54)39(53)21-20-34(50)23-35(51)25-43(56)62-33(5)32(4)31(29)3/h6-19,29-42,44-45,47,50-55,57,60H,20-28,49H2,1-5H3,(H,58,59)/b7-6+,10-8+,11-9+,14-12+,15-13+,18-16+,19-17+/t29-,30?,31+,32+,33-,34+,35+,36-,37-,38?,39+,40+,41-,42-,44+,45?,47?,48+/m0/s1. The summed E-state index contributed by atoms with van der Waals surface area (Å²) in [6.45, 7) is 9.74. The first-order chi connectivity index (χ1) is 30.2. The number of hydrogen-bond donors (Lipinski definition) is 10. The minimum absolute atomic E-state index is 0.000374. The minimum atomic E-state index is -2.28. The summed E-state index contributed by atoms with van der Waals surface area (Å²) in [5.74, 6) is -5.50. The van der Waals surface area contributed by atoms with Crippen molar-refractivity contribution < 1.29 is 74.5 Å². The summed E-state index contributed by atoms with van der Waals surface area (Å²) in [5, 5.41) is 97.1. The van der Waals surface area contributed by atoms with Crippen molar-refractivity contribution in [1.82, 2.24) is 0 Å². The monoisotopic (exact) mass is 906 g/mol. The van der Waals surface area contributed by atoms with Gasteiger partial charge in [0.15, 0.2) is 12.1 Å². The summed E-state index contributed by atoms with van der Waals surface area (Å²) >= 11 is 0. The maximum Gasteiger partial charge on any atom is 0.311 e. The van der Waals surface area contributed by atoms with Gasteiger partial charge in [-0.1, -0.05) is 106 Å². The molecule has 2 bridgehead atoms. The van der Waals surface area contributed by atoms with Gasteiger partial charge in [-0.3, -0.25) is 9.59 Å². The van der Waals surface area contributed by atoms with Gasteiger partial charge in [0.1, 0.15) is 18.1 Å². The van der Waals surface area contributed by atoms with Crippen molar-refractivity contribution in [1.29, 1.82) is 0 Å². The topological polar surface area (TPSA) is 279 Å². The van der Waals surface area contributed by atoms with Crippen molar-refractivity contribution in [3.63, 3.8) is 0 Å². The SMILES string of the molecule is CC1CC(N)C(O)C(O[C@H]2/C=C/C=C/C=C/C=C/C=C/C=C/C=C/[C@H](C)[C@@H](C)[C@@H](C)[C@H](C)OC(=O)C[C@H](O)C[C@H](O)CC[C@@H](O)[C@H](O)C[C@H](O)C[C@]3(O)C[C@H](O)[C@@H](C(=O)O)[C@H](C2)O3)O1. The molecule has 0 aromatic heterocycles.